The number of hydrogen-bond donors (Lipinski definition) is 2. The molecule has 1 saturated carbocycles. The van der Waals surface area contributed by atoms with Gasteiger partial charge in [-0.2, -0.15) is 0 Å². The van der Waals surface area contributed by atoms with Gasteiger partial charge in [0.2, 0.25) is 0 Å². The fourth-order valence-corrected chi connectivity index (χ4v) is 4.31. The van der Waals surface area contributed by atoms with E-state index in [4.69, 9.17) is 9.47 Å². The number of piperazine rings is 1. The fraction of sp³-hybridized carbons (Fsp3) is 0.667. The van der Waals surface area contributed by atoms with Gasteiger partial charge in [-0.1, -0.05) is 31.4 Å². The molecule has 5 nitrogen and oxygen atoms in total. The van der Waals surface area contributed by atoms with Crippen molar-refractivity contribution in [2.45, 2.75) is 38.5 Å². The molecule has 0 radical (unpaired) electrons. The third kappa shape index (κ3) is 7.11. The molecule has 1 aliphatic heterocycles. The van der Waals surface area contributed by atoms with Crippen molar-refractivity contribution in [1.29, 1.82) is 0 Å². The van der Waals surface area contributed by atoms with Gasteiger partial charge in [-0.05, 0) is 18.9 Å². The molecule has 2 N–H and O–H groups in total. The number of nitrogens with one attached hydrogen (secondary N) is 2. The number of hydrogen-bond acceptors (Lipinski definition) is 3. The highest BCUT2D eigenvalue weighted by molar-refractivity contribution is 5.72. The smallest absolute Gasteiger partial charge is 0.308 e. The highest BCUT2D eigenvalue weighted by atomic mass is 35.5. The van der Waals surface area contributed by atoms with Crippen molar-refractivity contribution in [2.24, 2.45) is 5.92 Å². The van der Waals surface area contributed by atoms with Crippen molar-refractivity contribution < 1.29 is 48.9 Å². The minimum Gasteiger partial charge on any atom is -1.00 e. The van der Waals surface area contributed by atoms with Gasteiger partial charge in [0.15, 0.2) is 11.4 Å². The number of quaternary nitrogens is 2. The first-order valence-electron chi connectivity index (χ1n) is 10.3. The summed E-state index contributed by atoms with van der Waals surface area (Å²) >= 11 is 0. The molecular formula is C21H34Cl2N2O3. The summed E-state index contributed by atoms with van der Waals surface area (Å²) in [5, 5.41) is 0. The van der Waals surface area contributed by atoms with E-state index in [0.29, 0.717) is 6.61 Å². The zero-order chi connectivity index (χ0) is 18.2. The monoisotopic (exact) mass is 432 g/mol. The van der Waals surface area contributed by atoms with E-state index in [9.17, 15) is 4.79 Å². The minimum atomic E-state index is 0. The lowest BCUT2D eigenvalue weighted by Gasteiger charge is -2.30. The predicted molar refractivity (Wildman–Crippen MR) is 101 cm³/mol. The molecule has 7 heteroatoms. The van der Waals surface area contributed by atoms with Crippen molar-refractivity contribution in [3.63, 3.8) is 0 Å². The number of rotatable bonds is 7. The van der Waals surface area contributed by atoms with Crippen molar-refractivity contribution in [3.05, 3.63) is 24.3 Å². The normalized spacial score (nSPS) is 22.5. The van der Waals surface area contributed by atoms with Crippen LogP contribution in [0.5, 0.6) is 5.75 Å². The Morgan fingerprint density at radius 1 is 1.04 bits per heavy atom. The molecular weight excluding hydrogens is 399 g/mol. The minimum absolute atomic E-state index is 0. The zero-order valence-corrected chi connectivity index (χ0v) is 18.4. The summed E-state index contributed by atoms with van der Waals surface area (Å²) in [6.07, 6.45) is 6.66. The van der Waals surface area contributed by atoms with E-state index >= 15 is 0 Å². The third-order valence-electron chi connectivity index (χ3n) is 5.91. The van der Waals surface area contributed by atoms with Gasteiger partial charge < -0.3 is 39.2 Å². The van der Waals surface area contributed by atoms with E-state index in [0.717, 1.165) is 57.7 Å². The second-order valence-electron chi connectivity index (χ2n) is 7.66. The average Bonchev–Trinajstić information content (AvgIpc) is 2.72. The molecule has 0 amide bonds. The van der Waals surface area contributed by atoms with Gasteiger partial charge in [0.25, 0.3) is 0 Å². The maximum atomic E-state index is 12.1. The quantitative estimate of drug-likeness (QED) is 0.334. The first kappa shape index (κ1) is 25.0. The first-order chi connectivity index (χ1) is 12.8. The van der Waals surface area contributed by atoms with Crippen LogP contribution < -0.4 is 39.4 Å². The molecule has 160 valence electrons. The molecule has 0 unspecified atom stereocenters. The molecule has 0 atom stereocenters. The largest absolute Gasteiger partial charge is 1.00 e. The molecule has 2 fully saturated rings. The molecule has 0 spiro atoms. The van der Waals surface area contributed by atoms with Crippen LogP contribution in [0.1, 0.15) is 38.5 Å². The Morgan fingerprint density at radius 3 is 2.39 bits per heavy atom. The summed E-state index contributed by atoms with van der Waals surface area (Å²) < 4.78 is 11.0. The van der Waals surface area contributed by atoms with Crippen LogP contribution in [0.15, 0.2) is 24.3 Å². The molecule has 2 aliphatic rings. The molecule has 1 aliphatic carbocycles. The molecule has 28 heavy (non-hydrogen) atoms. The Morgan fingerprint density at radius 2 is 1.71 bits per heavy atom. The molecule has 0 bridgehead atoms. The van der Waals surface area contributed by atoms with Gasteiger partial charge in [0.1, 0.15) is 26.2 Å². The van der Waals surface area contributed by atoms with E-state index in [1.54, 1.807) is 12.0 Å². The number of carbonyl (C=O) groups is 1. The summed E-state index contributed by atoms with van der Waals surface area (Å²) in [5.41, 5.74) is 1.27. The fourth-order valence-electron chi connectivity index (χ4n) is 4.31. The number of methoxy groups -OCH3 is 1. The van der Waals surface area contributed by atoms with Gasteiger partial charge in [-0.15, -0.1) is 0 Å². The van der Waals surface area contributed by atoms with Gasteiger partial charge in [-0.25, -0.2) is 0 Å². The molecule has 0 aromatic heterocycles. The predicted octanol–water partition coefficient (Wildman–Crippen LogP) is -5.37. The van der Waals surface area contributed by atoms with Gasteiger partial charge >= 0.3 is 5.97 Å². The van der Waals surface area contributed by atoms with Gasteiger partial charge in [0.05, 0.1) is 26.2 Å². The number of halogens is 2. The Labute approximate surface area is 181 Å². The summed E-state index contributed by atoms with van der Waals surface area (Å²) in [7, 11) is 1.74. The Balaban J connectivity index is 0.00000196. The second kappa shape index (κ2) is 13.3. The molecule has 1 heterocycles. The number of para-hydroxylation sites is 2. The van der Waals surface area contributed by atoms with Crippen LogP contribution >= 0.6 is 0 Å². The first-order valence-corrected chi connectivity index (χ1v) is 10.3. The summed E-state index contributed by atoms with van der Waals surface area (Å²) in [6.45, 7) is 6.24. The highest BCUT2D eigenvalue weighted by Crippen LogP contribution is 2.24. The lowest BCUT2D eigenvalue weighted by Crippen LogP contribution is -3.26. The van der Waals surface area contributed by atoms with Gasteiger partial charge in [0, 0.05) is 12.5 Å². The summed E-state index contributed by atoms with van der Waals surface area (Å²) in [6, 6.07) is 8.33. The van der Waals surface area contributed by atoms with Crippen molar-refractivity contribution in [2.75, 3.05) is 46.4 Å². The van der Waals surface area contributed by atoms with E-state index in [-0.39, 0.29) is 36.7 Å². The van der Waals surface area contributed by atoms with E-state index in [1.807, 2.05) is 12.1 Å². The molecule has 1 saturated heterocycles. The highest BCUT2D eigenvalue weighted by Gasteiger charge is 2.26. The lowest BCUT2D eigenvalue weighted by molar-refractivity contribution is -0.986. The van der Waals surface area contributed by atoms with Crippen molar-refractivity contribution in [1.82, 2.24) is 0 Å². The zero-order valence-electron chi connectivity index (χ0n) is 16.9. The number of esters is 1. The van der Waals surface area contributed by atoms with Crippen LogP contribution in [0.3, 0.4) is 0 Å². The van der Waals surface area contributed by atoms with Crippen LogP contribution in [0.25, 0.3) is 0 Å². The Hall–Kier alpha value is -1.01. The van der Waals surface area contributed by atoms with Crippen molar-refractivity contribution >= 4 is 11.7 Å². The van der Waals surface area contributed by atoms with E-state index in [1.165, 1.54) is 29.8 Å². The molecule has 1 aromatic carbocycles. The average molecular weight is 433 g/mol. The van der Waals surface area contributed by atoms with E-state index in [2.05, 4.69) is 12.1 Å². The number of ether oxygens (including phenoxy) is 2. The third-order valence-corrected chi connectivity index (χ3v) is 5.91. The van der Waals surface area contributed by atoms with E-state index < -0.39 is 0 Å². The van der Waals surface area contributed by atoms with Crippen LogP contribution in [-0.2, 0) is 9.53 Å². The second-order valence-corrected chi connectivity index (χ2v) is 7.66. The molecule has 3 rings (SSSR count). The van der Waals surface area contributed by atoms with Crippen LogP contribution in [0.4, 0.5) is 5.69 Å². The Kier molecular flexibility index (Phi) is 11.8. The van der Waals surface area contributed by atoms with Crippen LogP contribution in [0.2, 0.25) is 0 Å². The molecule has 1 aromatic rings. The van der Waals surface area contributed by atoms with Gasteiger partial charge in [-0.3, -0.25) is 9.69 Å². The topological polar surface area (TPSA) is 44.4 Å². The summed E-state index contributed by atoms with van der Waals surface area (Å²) in [5.74, 6) is 1.20. The lowest BCUT2D eigenvalue weighted by atomic mass is 9.89. The summed E-state index contributed by atoms with van der Waals surface area (Å²) in [4.78, 5) is 15.2. The van der Waals surface area contributed by atoms with Crippen LogP contribution in [0, 0.1) is 5.92 Å². The maximum absolute atomic E-state index is 12.1. The number of benzene rings is 1. The maximum Gasteiger partial charge on any atom is 0.308 e. The van der Waals surface area contributed by atoms with Crippen molar-refractivity contribution in [3.8, 4) is 5.75 Å². The Bertz CT molecular complexity index is 575. The standard InChI is InChI=1S/C21H32N2O3.2ClH/c1-25-20-11-6-5-10-19(20)23-15-13-22(14-16-23)12-7-17-26-21(24)18-8-3-2-4-9-18;;/h5-6,10-11,18H,2-4,7-9,12-17H2,1H3;2*1H. The number of carbonyl (C=O) groups excluding carboxylic acids is 1. The SMILES string of the molecule is COc1ccccc1[NH+]1CC[NH+](CCCOC(=O)C2CCCCC2)CC1.[Cl-].[Cl-]. The van der Waals surface area contributed by atoms with Crippen LogP contribution in [-0.4, -0.2) is 52.4 Å².